The zero-order valence-electron chi connectivity index (χ0n) is 9.43. The molecule has 17 heavy (non-hydrogen) atoms. The Bertz CT molecular complexity index is 578. The van der Waals surface area contributed by atoms with E-state index in [0.29, 0.717) is 5.75 Å². The molecule has 2 N–H and O–H groups in total. The van der Waals surface area contributed by atoms with Crippen molar-refractivity contribution in [2.45, 2.75) is 17.6 Å². The van der Waals surface area contributed by atoms with Gasteiger partial charge in [-0.15, -0.1) is 11.8 Å². The summed E-state index contributed by atoms with van der Waals surface area (Å²) in [6, 6.07) is 9.63. The van der Waals surface area contributed by atoms with E-state index >= 15 is 0 Å². The molecule has 0 spiro atoms. The molecule has 0 aliphatic rings. The van der Waals surface area contributed by atoms with Crippen molar-refractivity contribution in [3.05, 3.63) is 58.0 Å². The van der Waals surface area contributed by atoms with Gasteiger partial charge in [0, 0.05) is 28.6 Å². The van der Waals surface area contributed by atoms with Gasteiger partial charge in [-0.25, -0.2) is 0 Å². The quantitative estimate of drug-likeness (QED) is 0.820. The zero-order valence-corrected chi connectivity index (χ0v) is 10.3. The predicted molar refractivity (Wildman–Crippen MR) is 69.5 cm³/mol. The summed E-state index contributed by atoms with van der Waals surface area (Å²) in [6.45, 7) is 2.05. The lowest BCUT2D eigenvalue weighted by atomic mass is 10.2. The van der Waals surface area contributed by atoms with Crippen molar-refractivity contribution in [1.29, 1.82) is 0 Å². The van der Waals surface area contributed by atoms with Crippen LogP contribution in [0.25, 0.3) is 0 Å². The summed E-state index contributed by atoms with van der Waals surface area (Å²) in [5.74, 6) is 0.438. The van der Waals surface area contributed by atoms with Crippen LogP contribution >= 0.6 is 11.8 Å². The van der Waals surface area contributed by atoms with Gasteiger partial charge in [-0.2, -0.15) is 0 Å². The number of aromatic hydroxyl groups is 1. The van der Waals surface area contributed by atoms with Crippen LogP contribution in [-0.4, -0.2) is 10.1 Å². The number of aromatic amines is 1. The Morgan fingerprint density at radius 2 is 2.18 bits per heavy atom. The van der Waals surface area contributed by atoms with Crippen LogP contribution in [0.2, 0.25) is 0 Å². The Kier molecular flexibility index (Phi) is 3.54. The highest BCUT2D eigenvalue weighted by molar-refractivity contribution is 7.98. The second-order valence-electron chi connectivity index (χ2n) is 3.81. The number of pyridine rings is 1. The molecule has 0 unspecified atom stereocenters. The van der Waals surface area contributed by atoms with Crippen LogP contribution in [-0.2, 0) is 5.75 Å². The van der Waals surface area contributed by atoms with E-state index in [1.807, 2.05) is 25.1 Å². The van der Waals surface area contributed by atoms with E-state index < -0.39 is 0 Å². The van der Waals surface area contributed by atoms with Gasteiger partial charge in [-0.05, 0) is 19.1 Å². The lowest BCUT2D eigenvalue weighted by Gasteiger charge is -2.03. The zero-order chi connectivity index (χ0) is 12.3. The standard InChI is InChI=1S/C13H13NO2S/c1-9-3-2-4-11(5-9)17-8-10-6-12(15)13(16)7-14-10/h2-7,16H,8H2,1H3,(H,14,15). The van der Waals surface area contributed by atoms with E-state index in [4.69, 9.17) is 5.11 Å². The smallest absolute Gasteiger partial charge is 0.223 e. The SMILES string of the molecule is Cc1cccc(SCc2cc(=O)c(O)c[nH]2)c1. The first-order valence-corrected chi connectivity index (χ1v) is 6.24. The molecule has 0 atom stereocenters. The van der Waals surface area contributed by atoms with Gasteiger partial charge >= 0.3 is 0 Å². The van der Waals surface area contributed by atoms with Gasteiger partial charge in [0.25, 0.3) is 0 Å². The summed E-state index contributed by atoms with van der Waals surface area (Å²) < 4.78 is 0. The summed E-state index contributed by atoms with van der Waals surface area (Å²) in [4.78, 5) is 15.3. The minimum absolute atomic E-state index is 0.241. The van der Waals surface area contributed by atoms with Gasteiger partial charge in [-0.1, -0.05) is 17.7 Å². The lowest BCUT2D eigenvalue weighted by molar-refractivity contribution is 0.467. The van der Waals surface area contributed by atoms with Crippen LogP contribution in [0.3, 0.4) is 0 Å². The summed E-state index contributed by atoms with van der Waals surface area (Å²) >= 11 is 1.65. The molecular formula is C13H13NO2S. The number of rotatable bonds is 3. The second kappa shape index (κ2) is 5.10. The van der Waals surface area contributed by atoms with E-state index in [9.17, 15) is 4.79 Å². The first-order chi connectivity index (χ1) is 8.15. The molecular weight excluding hydrogens is 234 g/mol. The maximum atomic E-state index is 11.2. The van der Waals surface area contributed by atoms with Crippen LogP contribution in [0.15, 0.2) is 46.2 Å². The largest absolute Gasteiger partial charge is 0.503 e. The van der Waals surface area contributed by atoms with Gasteiger partial charge in [0.15, 0.2) is 5.75 Å². The summed E-state index contributed by atoms with van der Waals surface area (Å²) in [7, 11) is 0. The van der Waals surface area contributed by atoms with Crippen LogP contribution in [0.5, 0.6) is 5.75 Å². The Hall–Kier alpha value is -1.68. The molecule has 2 aromatic rings. The highest BCUT2D eigenvalue weighted by Gasteiger charge is 2.00. The van der Waals surface area contributed by atoms with E-state index in [-0.39, 0.29) is 11.2 Å². The van der Waals surface area contributed by atoms with Crippen LogP contribution in [0.1, 0.15) is 11.3 Å². The van der Waals surface area contributed by atoms with Crippen LogP contribution in [0.4, 0.5) is 0 Å². The van der Waals surface area contributed by atoms with Crippen molar-refractivity contribution in [2.75, 3.05) is 0 Å². The first-order valence-electron chi connectivity index (χ1n) is 5.25. The van der Waals surface area contributed by atoms with Crippen molar-refractivity contribution in [2.24, 2.45) is 0 Å². The molecule has 4 heteroatoms. The fraction of sp³-hybridized carbons (Fsp3) is 0.154. The van der Waals surface area contributed by atoms with E-state index in [0.717, 1.165) is 5.69 Å². The molecule has 0 saturated carbocycles. The first kappa shape index (κ1) is 11.8. The maximum Gasteiger partial charge on any atom is 0.223 e. The summed E-state index contributed by atoms with van der Waals surface area (Å²) in [5.41, 5.74) is 1.68. The molecule has 0 aliphatic heterocycles. The van der Waals surface area contributed by atoms with Crippen molar-refractivity contribution in [3.8, 4) is 5.75 Å². The molecule has 0 amide bonds. The molecule has 1 heterocycles. The van der Waals surface area contributed by atoms with Gasteiger partial charge in [0.2, 0.25) is 5.43 Å². The Balaban J connectivity index is 2.07. The number of aromatic nitrogens is 1. The van der Waals surface area contributed by atoms with Gasteiger partial charge < -0.3 is 10.1 Å². The highest BCUT2D eigenvalue weighted by Crippen LogP contribution is 2.22. The van der Waals surface area contributed by atoms with Crippen LogP contribution < -0.4 is 5.43 Å². The van der Waals surface area contributed by atoms with E-state index in [1.54, 1.807) is 11.8 Å². The molecule has 0 saturated heterocycles. The molecule has 0 radical (unpaired) electrons. The fourth-order valence-electron chi connectivity index (χ4n) is 1.46. The van der Waals surface area contributed by atoms with Crippen molar-refractivity contribution in [3.63, 3.8) is 0 Å². The number of thioether (sulfide) groups is 1. The number of aryl methyl sites for hydroxylation is 1. The molecule has 0 bridgehead atoms. The summed E-state index contributed by atoms with van der Waals surface area (Å²) in [6.07, 6.45) is 1.33. The number of benzene rings is 1. The van der Waals surface area contributed by atoms with Crippen molar-refractivity contribution < 1.29 is 5.11 Å². The fourth-order valence-corrected chi connectivity index (χ4v) is 2.39. The number of hydrogen-bond donors (Lipinski definition) is 2. The van der Waals surface area contributed by atoms with Gasteiger partial charge in [-0.3, -0.25) is 4.79 Å². The summed E-state index contributed by atoms with van der Waals surface area (Å²) in [5, 5.41) is 9.11. The molecule has 1 aromatic carbocycles. The van der Waals surface area contributed by atoms with E-state index in [2.05, 4.69) is 11.1 Å². The molecule has 0 aliphatic carbocycles. The Labute approximate surface area is 104 Å². The minimum Gasteiger partial charge on any atom is -0.503 e. The molecule has 0 fully saturated rings. The van der Waals surface area contributed by atoms with Crippen molar-refractivity contribution in [1.82, 2.24) is 4.98 Å². The molecule has 1 aromatic heterocycles. The van der Waals surface area contributed by atoms with Gasteiger partial charge in [0.1, 0.15) is 0 Å². The Morgan fingerprint density at radius 1 is 1.35 bits per heavy atom. The second-order valence-corrected chi connectivity index (χ2v) is 4.86. The molecule has 88 valence electrons. The monoisotopic (exact) mass is 247 g/mol. The third-order valence-electron chi connectivity index (χ3n) is 2.34. The topological polar surface area (TPSA) is 53.1 Å². The molecule has 2 rings (SSSR count). The predicted octanol–water partition coefficient (Wildman–Crippen LogP) is 2.68. The van der Waals surface area contributed by atoms with Gasteiger partial charge in [0.05, 0.1) is 0 Å². The number of H-pyrrole nitrogens is 1. The highest BCUT2D eigenvalue weighted by atomic mass is 32.2. The maximum absolute atomic E-state index is 11.2. The number of hydrogen-bond acceptors (Lipinski definition) is 3. The van der Waals surface area contributed by atoms with Crippen molar-refractivity contribution >= 4 is 11.8 Å². The molecule has 3 nitrogen and oxygen atoms in total. The average molecular weight is 247 g/mol. The average Bonchev–Trinajstić information content (AvgIpc) is 2.31. The van der Waals surface area contributed by atoms with E-state index in [1.165, 1.54) is 22.7 Å². The lowest BCUT2D eigenvalue weighted by Crippen LogP contribution is -2.01. The third-order valence-corrected chi connectivity index (χ3v) is 3.38. The number of nitrogens with one attached hydrogen (secondary N) is 1. The van der Waals surface area contributed by atoms with Crippen LogP contribution in [0, 0.1) is 6.92 Å². The normalized spacial score (nSPS) is 10.4. The minimum atomic E-state index is -0.344. The third kappa shape index (κ3) is 3.14. The Morgan fingerprint density at radius 3 is 2.88 bits per heavy atom.